The average Bonchev–Trinajstić information content (AvgIpc) is 2.74. The van der Waals surface area contributed by atoms with E-state index in [1.807, 2.05) is 0 Å². The third kappa shape index (κ3) is 2.36. The highest BCUT2D eigenvalue weighted by Crippen LogP contribution is 2.31. The third-order valence-electron chi connectivity index (χ3n) is 4.45. The van der Waals surface area contributed by atoms with E-state index < -0.39 is 0 Å². The average molecular weight is 208 g/mol. The molecule has 86 valence electrons. The van der Waals surface area contributed by atoms with Gasteiger partial charge >= 0.3 is 0 Å². The molecule has 3 fully saturated rings. The van der Waals surface area contributed by atoms with Crippen LogP contribution in [-0.2, 0) is 0 Å². The number of hydrogen-bond acceptors (Lipinski definition) is 2. The largest absolute Gasteiger partial charge is 0.310 e. The molecule has 15 heavy (non-hydrogen) atoms. The number of likely N-dealkylation sites (tertiary alicyclic amines) is 1. The molecule has 1 N–H and O–H groups in total. The minimum Gasteiger partial charge on any atom is -0.310 e. The number of nitrogens with one attached hydrogen (secondary N) is 1. The number of rotatable bonds is 3. The van der Waals surface area contributed by atoms with Crippen LogP contribution >= 0.6 is 0 Å². The van der Waals surface area contributed by atoms with Crippen LogP contribution in [0.3, 0.4) is 0 Å². The van der Waals surface area contributed by atoms with Crippen LogP contribution in [0.2, 0.25) is 0 Å². The first-order valence-corrected chi connectivity index (χ1v) is 6.81. The van der Waals surface area contributed by atoms with Gasteiger partial charge in [0, 0.05) is 31.2 Å². The fourth-order valence-corrected chi connectivity index (χ4v) is 3.35. The Balaban J connectivity index is 1.47. The van der Waals surface area contributed by atoms with Crippen LogP contribution in [0.4, 0.5) is 0 Å². The van der Waals surface area contributed by atoms with E-state index in [4.69, 9.17) is 0 Å². The van der Waals surface area contributed by atoms with Gasteiger partial charge in [-0.05, 0) is 44.4 Å². The summed E-state index contributed by atoms with van der Waals surface area (Å²) in [5, 5.41) is 3.78. The first-order valence-electron chi connectivity index (χ1n) is 6.81. The van der Waals surface area contributed by atoms with Crippen molar-refractivity contribution >= 4 is 0 Å². The molecule has 3 aliphatic rings. The SMILES string of the molecule is CC1CCC(N2CCC(NC3CC3)C2)C1. The van der Waals surface area contributed by atoms with Gasteiger partial charge in [0.2, 0.25) is 0 Å². The van der Waals surface area contributed by atoms with Gasteiger partial charge in [0.1, 0.15) is 0 Å². The standard InChI is InChI=1S/C13H24N2/c1-10-2-5-13(8-10)15-7-6-12(9-15)14-11-3-4-11/h10-14H,2-9H2,1H3. The lowest BCUT2D eigenvalue weighted by molar-refractivity contribution is 0.235. The molecule has 0 amide bonds. The molecule has 0 aromatic rings. The third-order valence-corrected chi connectivity index (χ3v) is 4.45. The minimum absolute atomic E-state index is 0.813. The summed E-state index contributed by atoms with van der Waals surface area (Å²) in [6.45, 7) is 5.09. The highest BCUT2D eigenvalue weighted by atomic mass is 15.2. The molecule has 2 heteroatoms. The zero-order valence-electron chi connectivity index (χ0n) is 9.91. The van der Waals surface area contributed by atoms with E-state index in [1.54, 1.807) is 0 Å². The Hall–Kier alpha value is -0.0800. The van der Waals surface area contributed by atoms with Crippen molar-refractivity contribution in [3.05, 3.63) is 0 Å². The lowest BCUT2D eigenvalue weighted by Gasteiger charge is -2.24. The van der Waals surface area contributed by atoms with E-state index in [0.29, 0.717) is 0 Å². The maximum atomic E-state index is 3.78. The van der Waals surface area contributed by atoms with Crippen molar-refractivity contribution in [2.75, 3.05) is 13.1 Å². The van der Waals surface area contributed by atoms with Gasteiger partial charge in [0.25, 0.3) is 0 Å². The molecular weight excluding hydrogens is 184 g/mol. The molecule has 2 saturated carbocycles. The van der Waals surface area contributed by atoms with Gasteiger partial charge in [-0.1, -0.05) is 6.92 Å². The second-order valence-corrected chi connectivity index (χ2v) is 5.99. The molecule has 3 atom stereocenters. The summed E-state index contributed by atoms with van der Waals surface area (Å²) in [5.41, 5.74) is 0. The van der Waals surface area contributed by atoms with E-state index in [0.717, 1.165) is 24.0 Å². The van der Waals surface area contributed by atoms with Gasteiger partial charge in [0.15, 0.2) is 0 Å². The monoisotopic (exact) mass is 208 g/mol. The van der Waals surface area contributed by atoms with Gasteiger partial charge < -0.3 is 5.32 Å². The van der Waals surface area contributed by atoms with Gasteiger partial charge in [-0.15, -0.1) is 0 Å². The van der Waals surface area contributed by atoms with Crippen LogP contribution in [0.25, 0.3) is 0 Å². The fourth-order valence-electron chi connectivity index (χ4n) is 3.35. The summed E-state index contributed by atoms with van der Waals surface area (Å²) in [4.78, 5) is 2.75. The van der Waals surface area contributed by atoms with Crippen LogP contribution in [0.5, 0.6) is 0 Å². The van der Waals surface area contributed by atoms with Crippen LogP contribution in [-0.4, -0.2) is 36.1 Å². The molecule has 3 unspecified atom stereocenters. The van der Waals surface area contributed by atoms with Crippen LogP contribution < -0.4 is 5.32 Å². The summed E-state index contributed by atoms with van der Waals surface area (Å²) in [5.74, 6) is 0.977. The Morgan fingerprint density at radius 3 is 2.53 bits per heavy atom. The Morgan fingerprint density at radius 1 is 1.00 bits per heavy atom. The molecule has 0 aromatic carbocycles. The van der Waals surface area contributed by atoms with Crippen LogP contribution in [0.1, 0.15) is 45.4 Å². The zero-order valence-corrected chi connectivity index (χ0v) is 9.91. The summed E-state index contributed by atoms with van der Waals surface area (Å²) < 4.78 is 0. The quantitative estimate of drug-likeness (QED) is 0.763. The zero-order chi connectivity index (χ0) is 10.3. The Labute approximate surface area is 93.4 Å². The van der Waals surface area contributed by atoms with Crippen molar-refractivity contribution in [3.63, 3.8) is 0 Å². The van der Waals surface area contributed by atoms with Gasteiger partial charge in [0.05, 0.1) is 0 Å². The minimum atomic E-state index is 0.813. The molecule has 0 aromatic heterocycles. The molecule has 1 aliphatic heterocycles. The van der Waals surface area contributed by atoms with Crippen molar-refractivity contribution in [1.29, 1.82) is 0 Å². The Morgan fingerprint density at radius 2 is 1.87 bits per heavy atom. The molecule has 0 bridgehead atoms. The topological polar surface area (TPSA) is 15.3 Å². The first-order chi connectivity index (χ1) is 7.31. The second-order valence-electron chi connectivity index (χ2n) is 5.99. The van der Waals surface area contributed by atoms with Gasteiger partial charge in [-0.3, -0.25) is 4.90 Å². The molecule has 3 rings (SSSR count). The van der Waals surface area contributed by atoms with E-state index in [2.05, 4.69) is 17.1 Å². The molecule has 0 radical (unpaired) electrons. The Kier molecular flexibility index (Phi) is 2.73. The molecule has 1 saturated heterocycles. The van der Waals surface area contributed by atoms with E-state index in [1.165, 1.54) is 51.6 Å². The summed E-state index contributed by atoms with van der Waals surface area (Å²) in [7, 11) is 0. The molecule has 2 nitrogen and oxygen atoms in total. The fraction of sp³-hybridized carbons (Fsp3) is 1.00. The second kappa shape index (κ2) is 4.06. The van der Waals surface area contributed by atoms with Gasteiger partial charge in [-0.25, -0.2) is 0 Å². The van der Waals surface area contributed by atoms with Crippen molar-refractivity contribution in [1.82, 2.24) is 10.2 Å². The molecule has 0 spiro atoms. The van der Waals surface area contributed by atoms with Crippen molar-refractivity contribution < 1.29 is 0 Å². The number of nitrogens with zero attached hydrogens (tertiary/aromatic N) is 1. The normalized spacial score (nSPS) is 42.6. The van der Waals surface area contributed by atoms with E-state index >= 15 is 0 Å². The maximum Gasteiger partial charge on any atom is 0.0209 e. The van der Waals surface area contributed by atoms with E-state index in [-0.39, 0.29) is 0 Å². The molecule has 2 aliphatic carbocycles. The predicted molar refractivity (Wildman–Crippen MR) is 62.9 cm³/mol. The highest BCUT2D eigenvalue weighted by molar-refractivity contribution is 4.92. The first kappa shape index (κ1) is 10.1. The summed E-state index contributed by atoms with van der Waals surface area (Å²) in [6, 6.07) is 2.62. The lowest BCUT2D eigenvalue weighted by atomic mass is 10.1. The molecular formula is C13H24N2. The van der Waals surface area contributed by atoms with Gasteiger partial charge in [-0.2, -0.15) is 0 Å². The van der Waals surface area contributed by atoms with Crippen LogP contribution in [0, 0.1) is 5.92 Å². The smallest absolute Gasteiger partial charge is 0.0209 e. The maximum absolute atomic E-state index is 3.78. The summed E-state index contributed by atoms with van der Waals surface area (Å²) in [6.07, 6.45) is 8.62. The highest BCUT2D eigenvalue weighted by Gasteiger charge is 2.34. The van der Waals surface area contributed by atoms with Crippen molar-refractivity contribution in [2.45, 2.75) is 63.6 Å². The van der Waals surface area contributed by atoms with Crippen molar-refractivity contribution in [2.24, 2.45) is 5.92 Å². The van der Waals surface area contributed by atoms with Crippen LogP contribution in [0.15, 0.2) is 0 Å². The lowest BCUT2D eigenvalue weighted by Crippen LogP contribution is -2.37. The van der Waals surface area contributed by atoms with Crippen molar-refractivity contribution in [3.8, 4) is 0 Å². The van der Waals surface area contributed by atoms with E-state index in [9.17, 15) is 0 Å². The Bertz CT molecular complexity index is 225. The predicted octanol–water partition coefficient (Wildman–Crippen LogP) is 2.00. The number of hydrogen-bond donors (Lipinski definition) is 1. The summed E-state index contributed by atoms with van der Waals surface area (Å²) >= 11 is 0. The molecule has 1 heterocycles.